The van der Waals surface area contributed by atoms with Crippen LogP contribution in [0.15, 0.2) is 36.4 Å². The zero-order chi connectivity index (χ0) is 37.5. The lowest BCUT2D eigenvalue weighted by atomic mass is 9.64. The molecule has 0 N–H and O–H groups in total. The summed E-state index contributed by atoms with van der Waals surface area (Å²) in [6.45, 7) is 45.9. The fraction of sp³-hybridized carbons (Fsp3) is 0.711. The molecule has 3 heteroatoms. The summed E-state index contributed by atoms with van der Waals surface area (Å²) < 4.78 is 12.7. The van der Waals surface area contributed by atoms with Gasteiger partial charge >= 0.3 is 6.16 Å². The molecule has 0 amide bonds. The van der Waals surface area contributed by atoms with Gasteiger partial charge in [-0.1, -0.05) is 163 Å². The Morgan fingerprint density at radius 3 is 0.917 bits per heavy atom. The van der Waals surface area contributed by atoms with Crippen molar-refractivity contribution in [1.29, 1.82) is 0 Å². The quantitative estimate of drug-likeness (QED) is 0.188. The molecule has 0 bridgehead atoms. The van der Waals surface area contributed by atoms with Gasteiger partial charge in [-0.3, -0.25) is 0 Å². The first kappa shape index (κ1) is 41.9. The van der Waals surface area contributed by atoms with Crippen LogP contribution >= 0.6 is 0 Å². The highest BCUT2D eigenvalue weighted by molar-refractivity contribution is 5.70. The third kappa shape index (κ3) is 11.9. The highest BCUT2D eigenvalue weighted by atomic mass is 16.7. The van der Waals surface area contributed by atoms with E-state index >= 15 is 0 Å². The lowest BCUT2D eigenvalue weighted by Crippen LogP contribution is -2.33. The van der Waals surface area contributed by atoms with Crippen LogP contribution in [0.1, 0.15) is 186 Å². The second kappa shape index (κ2) is 13.8. The van der Waals surface area contributed by atoms with Crippen LogP contribution in [-0.2, 0) is 21.7 Å². The molecule has 0 aliphatic rings. The van der Waals surface area contributed by atoms with Gasteiger partial charge in [-0.05, 0) is 92.3 Å². The summed E-state index contributed by atoms with van der Waals surface area (Å²) in [5, 5.41) is 0. The maximum atomic E-state index is 14.0. The number of carbonyl (C=O) groups excluding carboxylic acids is 1. The second-order valence-corrected chi connectivity index (χ2v) is 22.3. The van der Waals surface area contributed by atoms with Gasteiger partial charge in [0.25, 0.3) is 0 Å². The van der Waals surface area contributed by atoms with Gasteiger partial charge in [0.2, 0.25) is 0 Å². The van der Waals surface area contributed by atoms with Gasteiger partial charge in [0.05, 0.1) is 0 Å². The SMILES string of the molecule is CC(C)(C)CC(C)(C)c1cccc(OC(=O)Oc2cccc(C(C)(C)CC(C)(C)C)c2C(C)(C)CC(C)(C)C)c1C(C)(C)CC(C)(C)C. The number of hydrogen-bond acceptors (Lipinski definition) is 3. The second-order valence-electron chi connectivity index (χ2n) is 22.3. The van der Waals surface area contributed by atoms with Crippen LogP contribution in [-0.4, -0.2) is 6.16 Å². The summed E-state index contributed by atoms with van der Waals surface area (Å²) in [5.74, 6) is 1.18. The van der Waals surface area contributed by atoms with Crippen molar-refractivity contribution in [2.45, 2.75) is 186 Å². The highest BCUT2D eigenvalue weighted by Gasteiger charge is 2.40. The largest absolute Gasteiger partial charge is 0.519 e. The summed E-state index contributed by atoms with van der Waals surface area (Å²) >= 11 is 0. The van der Waals surface area contributed by atoms with E-state index in [4.69, 9.17) is 9.47 Å². The molecule has 272 valence electrons. The minimum atomic E-state index is -0.688. The van der Waals surface area contributed by atoms with Gasteiger partial charge in [0.15, 0.2) is 0 Å². The van der Waals surface area contributed by atoms with E-state index in [9.17, 15) is 4.79 Å². The monoisotopic (exact) mass is 663 g/mol. The Bertz CT molecular complexity index is 1300. The molecule has 0 fully saturated rings. The van der Waals surface area contributed by atoms with Crippen LogP contribution in [0, 0.1) is 21.7 Å². The van der Waals surface area contributed by atoms with Crippen molar-refractivity contribution < 1.29 is 14.3 Å². The molecule has 0 atom stereocenters. The third-order valence-corrected chi connectivity index (χ3v) is 9.14. The lowest BCUT2D eigenvalue weighted by molar-refractivity contribution is 0.148. The lowest BCUT2D eigenvalue weighted by Gasteiger charge is -2.41. The van der Waals surface area contributed by atoms with Crippen molar-refractivity contribution in [2.24, 2.45) is 21.7 Å². The Morgan fingerprint density at radius 2 is 0.667 bits per heavy atom. The van der Waals surface area contributed by atoms with Crippen molar-refractivity contribution >= 4 is 6.16 Å². The summed E-state index contributed by atoms with van der Waals surface area (Å²) in [5.41, 5.74) is 4.30. The van der Waals surface area contributed by atoms with Gasteiger partial charge in [0, 0.05) is 11.1 Å². The molecule has 0 saturated carbocycles. The van der Waals surface area contributed by atoms with Crippen molar-refractivity contribution in [1.82, 2.24) is 0 Å². The van der Waals surface area contributed by atoms with Gasteiger partial charge in [-0.2, -0.15) is 0 Å². The zero-order valence-corrected chi connectivity index (χ0v) is 35.0. The van der Waals surface area contributed by atoms with Crippen molar-refractivity contribution in [3.63, 3.8) is 0 Å². The topological polar surface area (TPSA) is 35.5 Å². The predicted octanol–water partition coefficient (Wildman–Crippen LogP) is 14.1. The number of benzene rings is 2. The van der Waals surface area contributed by atoms with Crippen molar-refractivity contribution in [3.05, 3.63) is 58.7 Å². The molecular weight excluding hydrogens is 588 g/mol. The third-order valence-electron chi connectivity index (χ3n) is 9.14. The van der Waals surface area contributed by atoms with Gasteiger partial charge in [-0.15, -0.1) is 0 Å². The Morgan fingerprint density at radius 1 is 0.417 bits per heavy atom. The van der Waals surface area contributed by atoms with E-state index < -0.39 is 6.16 Å². The molecule has 0 saturated heterocycles. The van der Waals surface area contributed by atoms with Gasteiger partial charge < -0.3 is 9.47 Å². The first-order chi connectivity index (χ1) is 21.2. The first-order valence-electron chi connectivity index (χ1n) is 18.3. The number of hydrogen-bond donors (Lipinski definition) is 0. The Kier molecular flexibility index (Phi) is 12.0. The summed E-state index contributed by atoms with van der Waals surface area (Å²) in [6, 6.07) is 12.4. The highest BCUT2D eigenvalue weighted by Crippen LogP contribution is 2.50. The normalized spacial score (nSPS) is 14.2. The molecule has 2 rings (SSSR count). The summed E-state index contributed by atoms with van der Waals surface area (Å²) in [6.07, 6.45) is 3.17. The molecule has 0 unspecified atom stereocenters. The Hall–Kier alpha value is -2.29. The van der Waals surface area contributed by atoms with Crippen LogP contribution in [0.2, 0.25) is 0 Å². The van der Waals surface area contributed by atoms with Gasteiger partial charge in [0.1, 0.15) is 11.5 Å². The fourth-order valence-corrected chi connectivity index (χ4v) is 9.63. The fourth-order valence-electron chi connectivity index (χ4n) is 9.63. The summed E-state index contributed by atoms with van der Waals surface area (Å²) in [7, 11) is 0. The molecule has 2 aromatic rings. The number of ether oxygens (including phenoxy) is 2. The van der Waals surface area contributed by atoms with E-state index in [1.165, 1.54) is 11.1 Å². The molecule has 0 radical (unpaired) electrons. The van der Waals surface area contributed by atoms with Crippen LogP contribution in [0.25, 0.3) is 0 Å². The molecule has 2 aromatic carbocycles. The van der Waals surface area contributed by atoms with Crippen LogP contribution in [0.3, 0.4) is 0 Å². The molecule has 48 heavy (non-hydrogen) atoms. The maximum Gasteiger partial charge on any atom is 0.519 e. The average Bonchev–Trinajstić information content (AvgIpc) is 2.77. The molecule has 0 aromatic heterocycles. The Labute approximate surface area is 297 Å². The minimum absolute atomic E-state index is 0.0798. The van der Waals surface area contributed by atoms with E-state index in [-0.39, 0.29) is 43.3 Å². The maximum absolute atomic E-state index is 14.0. The van der Waals surface area contributed by atoms with E-state index in [0.29, 0.717) is 11.5 Å². The average molecular weight is 663 g/mol. The molecule has 3 nitrogen and oxygen atoms in total. The number of carbonyl (C=O) groups is 1. The standard InChI is InChI=1S/C45H74O3/c1-38(2,3)27-42(13,14)31-23-21-25-33(35(31)44(17,18)29-40(7,8)9)47-37(46)48-34-26-22-24-32(43(15,16)28-39(4,5)6)36(34)45(19,20)30-41(10,11)12/h21-26H,27-30H2,1-20H3. The predicted molar refractivity (Wildman–Crippen MR) is 208 cm³/mol. The van der Waals surface area contributed by atoms with Crippen molar-refractivity contribution in [3.8, 4) is 11.5 Å². The molecule has 0 aliphatic heterocycles. The summed E-state index contributed by atoms with van der Waals surface area (Å²) in [4.78, 5) is 14.0. The van der Waals surface area contributed by atoms with Gasteiger partial charge in [-0.25, -0.2) is 4.79 Å². The van der Waals surface area contributed by atoms with Crippen LogP contribution < -0.4 is 9.47 Å². The minimum Gasteiger partial charge on any atom is -0.394 e. The molecule has 0 spiro atoms. The smallest absolute Gasteiger partial charge is 0.394 e. The molecule has 0 aliphatic carbocycles. The van der Waals surface area contributed by atoms with E-state index in [1.807, 2.05) is 24.3 Å². The van der Waals surface area contributed by atoms with E-state index in [2.05, 4.69) is 151 Å². The number of rotatable bonds is 10. The Balaban J connectivity index is 2.77. The van der Waals surface area contributed by atoms with Crippen molar-refractivity contribution in [2.75, 3.05) is 0 Å². The van der Waals surface area contributed by atoms with Crippen LogP contribution in [0.4, 0.5) is 4.79 Å². The molecule has 0 heterocycles. The van der Waals surface area contributed by atoms with E-state index in [0.717, 1.165) is 36.8 Å². The van der Waals surface area contributed by atoms with E-state index in [1.54, 1.807) is 0 Å². The zero-order valence-electron chi connectivity index (χ0n) is 35.0. The first-order valence-corrected chi connectivity index (χ1v) is 18.3. The van der Waals surface area contributed by atoms with Crippen LogP contribution in [0.5, 0.6) is 11.5 Å². The molecular formula is C45H74O3.